The van der Waals surface area contributed by atoms with Crippen molar-refractivity contribution in [1.29, 1.82) is 0 Å². The number of nitrogens with zero attached hydrogens (tertiary/aromatic N) is 1. The number of benzene rings is 1. The Kier molecular flexibility index (Phi) is 6.50. The third-order valence-electron chi connectivity index (χ3n) is 4.94. The molecule has 1 aromatic rings. The number of carbonyl (C=O) groups is 1. The molecule has 2 aliphatic heterocycles. The minimum Gasteiger partial charge on any atom is -0.370 e. The second kappa shape index (κ2) is 8.83. The molecule has 2 heterocycles. The van der Waals surface area contributed by atoms with Gasteiger partial charge in [-0.3, -0.25) is 9.10 Å². The second-order valence-corrected chi connectivity index (χ2v) is 8.88. The van der Waals surface area contributed by atoms with E-state index in [1.807, 2.05) is 0 Å². The summed E-state index contributed by atoms with van der Waals surface area (Å²) in [5, 5.41) is 2.94. The van der Waals surface area contributed by atoms with E-state index < -0.39 is 10.0 Å². The lowest BCUT2D eigenvalue weighted by Crippen LogP contribution is -3.14. The van der Waals surface area contributed by atoms with E-state index >= 15 is 0 Å². The maximum absolute atomic E-state index is 12.4. The van der Waals surface area contributed by atoms with Crippen LogP contribution in [0.1, 0.15) is 29.6 Å². The van der Waals surface area contributed by atoms with Gasteiger partial charge >= 0.3 is 0 Å². The maximum Gasteiger partial charge on any atom is 0.251 e. The number of ether oxygens (including phenoxy) is 1. The average Bonchev–Trinajstić information content (AvgIpc) is 2.65. The first-order valence-corrected chi connectivity index (χ1v) is 11.0. The van der Waals surface area contributed by atoms with Gasteiger partial charge in [0.15, 0.2) is 0 Å². The molecule has 1 aromatic carbocycles. The first-order valence-electron chi connectivity index (χ1n) is 9.36. The molecule has 0 aliphatic carbocycles. The molecule has 2 N–H and O–H groups in total. The van der Waals surface area contributed by atoms with Crippen molar-refractivity contribution in [3.63, 3.8) is 0 Å². The Bertz CT molecular complexity index is 717. The van der Waals surface area contributed by atoms with Gasteiger partial charge in [-0.2, -0.15) is 0 Å². The molecule has 0 radical (unpaired) electrons. The Morgan fingerprint density at radius 1 is 1.23 bits per heavy atom. The van der Waals surface area contributed by atoms with Crippen LogP contribution in [0.4, 0.5) is 5.69 Å². The maximum atomic E-state index is 12.4. The highest BCUT2D eigenvalue weighted by Crippen LogP contribution is 2.24. The zero-order valence-corrected chi connectivity index (χ0v) is 15.9. The molecule has 144 valence electrons. The summed E-state index contributed by atoms with van der Waals surface area (Å²) >= 11 is 0. The lowest BCUT2D eigenvalue weighted by Gasteiger charge is -2.28. The van der Waals surface area contributed by atoms with Crippen molar-refractivity contribution in [1.82, 2.24) is 5.32 Å². The van der Waals surface area contributed by atoms with Crippen molar-refractivity contribution < 1.29 is 22.8 Å². The molecule has 2 aliphatic rings. The van der Waals surface area contributed by atoms with Crippen LogP contribution in [0.25, 0.3) is 0 Å². The van der Waals surface area contributed by atoms with E-state index in [1.165, 1.54) is 9.21 Å². The molecule has 1 amide bonds. The zero-order chi connectivity index (χ0) is 18.4. The molecule has 0 atom stereocenters. The van der Waals surface area contributed by atoms with Crippen molar-refractivity contribution >= 4 is 21.6 Å². The monoisotopic (exact) mass is 382 g/mol. The minimum atomic E-state index is -3.26. The summed E-state index contributed by atoms with van der Waals surface area (Å²) in [6.07, 6.45) is 2.46. The third kappa shape index (κ3) is 4.96. The van der Waals surface area contributed by atoms with Crippen LogP contribution >= 0.6 is 0 Å². The van der Waals surface area contributed by atoms with Gasteiger partial charge in [0.1, 0.15) is 13.1 Å². The first-order chi connectivity index (χ1) is 12.6. The fraction of sp³-hybridized carbons (Fsp3) is 0.611. The van der Waals surface area contributed by atoms with Gasteiger partial charge in [0, 0.05) is 25.1 Å². The average molecular weight is 383 g/mol. The highest BCUT2D eigenvalue weighted by atomic mass is 32.2. The highest BCUT2D eigenvalue weighted by molar-refractivity contribution is 7.92. The van der Waals surface area contributed by atoms with Gasteiger partial charge in [0.25, 0.3) is 5.91 Å². The highest BCUT2D eigenvalue weighted by Gasteiger charge is 2.26. The minimum absolute atomic E-state index is 0.154. The summed E-state index contributed by atoms with van der Waals surface area (Å²) in [7, 11) is -3.26. The van der Waals surface area contributed by atoms with E-state index in [9.17, 15) is 13.2 Å². The Morgan fingerprint density at radius 3 is 2.81 bits per heavy atom. The predicted octanol–water partition coefficient (Wildman–Crippen LogP) is -0.348. The van der Waals surface area contributed by atoms with Crippen LogP contribution in [0, 0.1) is 0 Å². The number of quaternary nitrogens is 1. The number of carbonyl (C=O) groups excluding carboxylic acids is 1. The second-order valence-electron chi connectivity index (χ2n) is 6.87. The number of sulfonamides is 1. The van der Waals surface area contributed by atoms with E-state index in [2.05, 4.69) is 5.32 Å². The molecular weight excluding hydrogens is 354 g/mol. The molecule has 0 bridgehead atoms. The summed E-state index contributed by atoms with van der Waals surface area (Å²) in [6.45, 7) is 5.81. The third-order valence-corrected chi connectivity index (χ3v) is 6.81. The van der Waals surface area contributed by atoms with Crippen molar-refractivity contribution in [2.75, 3.05) is 56.0 Å². The van der Waals surface area contributed by atoms with E-state index in [4.69, 9.17) is 4.74 Å². The number of hydrogen-bond acceptors (Lipinski definition) is 4. The smallest absolute Gasteiger partial charge is 0.251 e. The van der Waals surface area contributed by atoms with Gasteiger partial charge in [-0.25, -0.2) is 8.42 Å². The fourth-order valence-electron chi connectivity index (χ4n) is 3.43. The topological polar surface area (TPSA) is 80.2 Å². The van der Waals surface area contributed by atoms with E-state index in [0.717, 1.165) is 45.7 Å². The van der Waals surface area contributed by atoms with Crippen LogP contribution in [0.2, 0.25) is 0 Å². The quantitative estimate of drug-likeness (QED) is 0.660. The van der Waals surface area contributed by atoms with Gasteiger partial charge in [-0.05, 0) is 31.0 Å². The first kappa shape index (κ1) is 19.1. The van der Waals surface area contributed by atoms with Crippen molar-refractivity contribution in [3.8, 4) is 0 Å². The summed E-state index contributed by atoms with van der Waals surface area (Å²) < 4.78 is 31.2. The van der Waals surface area contributed by atoms with Crippen LogP contribution in [-0.2, 0) is 14.8 Å². The van der Waals surface area contributed by atoms with E-state index in [1.54, 1.807) is 24.3 Å². The molecule has 0 saturated carbocycles. The molecule has 0 spiro atoms. The van der Waals surface area contributed by atoms with Crippen LogP contribution in [0.15, 0.2) is 24.3 Å². The van der Waals surface area contributed by atoms with Crippen molar-refractivity contribution in [2.24, 2.45) is 0 Å². The van der Waals surface area contributed by atoms with Crippen molar-refractivity contribution in [3.05, 3.63) is 29.8 Å². The summed E-state index contributed by atoms with van der Waals surface area (Å²) in [5.74, 6) is 0.0195. The molecule has 0 aromatic heterocycles. The Hall–Kier alpha value is -1.64. The molecule has 8 heteroatoms. The summed E-state index contributed by atoms with van der Waals surface area (Å²) in [5.41, 5.74) is 1.08. The number of nitrogens with one attached hydrogen (secondary N) is 2. The van der Waals surface area contributed by atoms with Crippen LogP contribution in [-0.4, -0.2) is 66.0 Å². The van der Waals surface area contributed by atoms with E-state index in [0.29, 0.717) is 30.8 Å². The van der Waals surface area contributed by atoms with Gasteiger partial charge in [0.2, 0.25) is 10.0 Å². The van der Waals surface area contributed by atoms with Crippen LogP contribution < -0.4 is 14.5 Å². The number of anilines is 1. The Labute approximate surface area is 155 Å². The van der Waals surface area contributed by atoms with E-state index in [-0.39, 0.29) is 11.7 Å². The lowest BCUT2D eigenvalue weighted by atomic mass is 10.2. The number of hydrogen-bond donors (Lipinski definition) is 2. The van der Waals surface area contributed by atoms with Crippen molar-refractivity contribution in [2.45, 2.75) is 19.3 Å². The van der Waals surface area contributed by atoms with Gasteiger partial charge in [0.05, 0.1) is 31.2 Å². The largest absolute Gasteiger partial charge is 0.370 e. The van der Waals surface area contributed by atoms with Crippen LogP contribution in [0.3, 0.4) is 0 Å². The SMILES string of the molecule is O=C(NCCC[NH+]1CCOCC1)c1cccc(N2CCCCS2(=O)=O)c1. The van der Waals surface area contributed by atoms with Crippen LogP contribution in [0.5, 0.6) is 0 Å². The molecule has 2 saturated heterocycles. The number of morpholine rings is 1. The van der Waals surface area contributed by atoms with Gasteiger partial charge in [-0.1, -0.05) is 6.07 Å². The molecule has 3 rings (SSSR count). The standard InChI is InChI=1S/C18H27N3O4S/c22-18(19-7-4-8-20-10-12-25-13-11-20)16-5-3-6-17(15-16)21-9-1-2-14-26(21,23)24/h3,5-6,15H,1-2,4,7-14H2,(H,19,22)/p+1. The lowest BCUT2D eigenvalue weighted by molar-refractivity contribution is -0.908. The van der Waals surface area contributed by atoms with Gasteiger partial charge in [-0.15, -0.1) is 0 Å². The fourth-order valence-corrected chi connectivity index (χ4v) is 5.06. The molecule has 0 unspecified atom stereocenters. The normalized spacial score (nSPS) is 20.7. The molecular formula is C18H28N3O4S+. The summed E-state index contributed by atoms with van der Waals surface area (Å²) in [6, 6.07) is 6.89. The Morgan fingerprint density at radius 2 is 2.04 bits per heavy atom. The number of amides is 1. The van der Waals surface area contributed by atoms with Gasteiger partial charge < -0.3 is 15.0 Å². The molecule has 2 fully saturated rings. The summed E-state index contributed by atoms with van der Waals surface area (Å²) in [4.78, 5) is 13.9. The number of rotatable bonds is 6. The molecule has 7 nitrogen and oxygen atoms in total. The Balaban J connectivity index is 1.53. The zero-order valence-electron chi connectivity index (χ0n) is 15.1. The predicted molar refractivity (Wildman–Crippen MR) is 100 cm³/mol. The molecule has 26 heavy (non-hydrogen) atoms.